The van der Waals surface area contributed by atoms with Crippen molar-refractivity contribution in [1.29, 1.82) is 0 Å². The van der Waals surface area contributed by atoms with Crippen LogP contribution in [0.15, 0.2) is 109 Å². The van der Waals surface area contributed by atoms with Gasteiger partial charge >= 0.3 is 17.9 Å². The lowest BCUT2D eigenvalue weighted by Crippen LogP contribution is -2.41. The van der Waals surface area contributed by atoms with Crippen molar-refractivity contribution in [2.45, 2.75) is 24.4 Å². The zero-order chi connectivity index (χ0) is 27.9. The molecule has 2 heterocycles. The molecule has 0 aliphatic carbocycles. The molecule has 0 unspecified atom stereocenters. The normalized spacial score (nSPS) is 19.9. The van der Waals surface area contributed by atoms with E-state index in [4.69, 9.17) is 18.9 Å². The van der Waals surface area contributed by atoms with E-state index in [0.29, 0.717) is 10.4 Å². The van der Waals surface area contributed by atoms with Gasteiger partial charge in [-0.2, -0.15) is 0 Å². The van der Waals surface area contributed by atoms with E-state index in [1.165, 1.54) is 18.3 Å². The Morgan fingerprint density at radius 3 is 1.73 bits per heavy atom. The maximum Gasteiger partial charge on any atom is 0.338 e. The van der Waals surface area contributed by atoms with E-state index in [9.17, 15) is 19.6 Å². The molecule has 4 atom stereocenters. The van der Waals surface area contributed by atoms with Crippen LogP contribution in [0.2, 0.25) is 0 Å². The minimum absolute atomic E-state index is 0.140. The predicted molar refractivity (Wildman–Crippen MR) is 139 cm³/mol. The van der Waals surface area contributed by atoms with E-state index in [-0.39, 0.29) is 23.4 Å². The molecular formula is C30H24N2O8. The smallest absolute Gasteiger partial charge is 0.338 e. The van der Waals surface area contributed by atoms with Crippen LogP contribution >= 0.6 is 0 Å². The SMILES string of the molecule is O=C(OC[C@H]1O[C@H](c2ccc[n+]([O-])n2)[C@H](OC(=O)c2ccccc2)[C@@H]1OC(=O)c1ccccc1)c1ccccc1. The van der Waals surface area contributed by atoms with Crippen LogP contribution in [0.1, 0.15) is 42.9 Å². The van der Waals surface area contributed by atoms with Crippen LogP contribution in [0.3, 0.4) is 0 Å². The fourth-order valence-corrected chi connectivity index (χ4v) is 4.27. The molecule has 0 amide bonds. The fraction of sp³-hybridized carbons (Fsp3) is 0.167. The van der Waals surface area contributed by atoms with Gasteiger partial charge in [0.05, 0.1) is 16.7 Å². The summed E-state index contributed by atoms with van der Waals surface area (Å²) in [5.41, 5.74) is 0.975. The van der Waals surface area contributed by atoms with Gasteiger partial charge in [0.25, 0.3) is 0 Å². The van der Waals surface area contributed by atoms with Crippen molar-refractivity contribution >= 4 is 17.9 Å². The Hall–Kier alpha value is -5.09. The first kappa shape index (κ1) is 26.5. The zero-order valence-corrected chi connectivity index (χ0v) is 21.1. The van der Waals surface area contributed by atoms with Crippen LogP contribution in [0.5, 0.6) is 0 Å². The van der Waals surface area contributed by atoms with E-state index < -0.39 is 42.3 Å². The highest BCUT2D eigenvalue weighted by atomic mass is 16.7. The lowest BCUT2D eigenvalue weighted by Gasteiger charge is -2.24. The largest absolute Gasteiger partial charge is 0.594 e. The topological polar surface area (TPSA) is 128 Å². The molecule has 0 saturated carbocycles. The summed E-state index contributed by atoms with van der Waals surface area (Å²) in [6, 6.07) is 27.8. The van der Waals surface area contributed by atoms with Gasteiger partial charge in [0, 0.05) is 11.2 Å². The Balaban J connectivity index is 1.47. The van der Waals surface area contributed by atoms with Crippen molar-refractivity contribution < 1.29 is 38.2 Å². The average molecular weight is 541 g/mol. The number of carbonyl (C=O) groups excluding carboxylic acids is 3. The molecule has 1 aliphatic heterocycles. The van der Waals surface area contributed by atoms with E-state index in [1.54, 1.807) is 91.0 Å². The number of esters is 3. The number of benzene rings is 3. The van der Waals surface area contributed by atoms with Crippen molar-refractivity contribution in [3.63, 3.8) is 0 Å². The molecule has 40 heavy (non-hydrogen) atoms. The number of hydrogen-bond donors (Lipinski definition) is 0. The number of aromatic nitrogens is 2. The second-order valence-electron chi connectivity index (χ2n) is 8.87. The molecule has 0 spiro atoms. The van der Waals surface area contributed by atoms with Crippen molar-refractivity contribution in [1.82, 2.24) is 5.10 Å². The third-order valence-corrected chi connectivity index (χ3v) is 6.19. The highest BCUT2D eigenvalue weighted by molar-refractivity contribution is 5.91. The van der Waals surface area contributed by atoms with Crippen molar-refractivity contribution in [3.05, 3.63) is 137 Å². The maximum atomic E-state index is 13.1. The Morgan fingerprint density at radius 2 is 1.20 bits per heavy atom. The van der Waals surface area contributed by atoms with Crippen LogP contribution in [-0.4, -0.2) is 47.9 Å². The highest BCUT2D eigenvalue weighted by Gasteiger charge is 2.52. The van der Waals surface area contributed by atoms with Gasteiger partial charge in [0.15, 0.2) is 12.2 Å². The fourth-order valence-electron chi connectivity index (χ4n) is 4.27. The Labute approximate surface area is 229 Å². The minimum atomic E-state index is -1.23. The van der Waals surface area contributed by atoms with Crippen molar-refractivity contribution in [2.75, 3.05) is 6.61 Å². The molecule has 202 valence electrons. The standard InChI is InChI=1S/C30H24N2O8/c33-28(20-11-4-1-5-12-20)37-19-24-26(39-29(34)21-13-6-2-7-14-21)27(40-30(35)22-15-8-3-9-16-22)25(38-24)23-17-10-18-32(36)31-23/h1-18,24-27H,19H2/t24-,25-,26-,27+/m1/s1. The second kappa shape index (κ2) is 12.2. The van der Waals surface area contributed by atoms with Crippen molar-refractivity contribution in [3.8, 4) is 0 Å². The van der Waals surface area contributed by atoms with E-state index in [2.05, 4.69) is 5.10 Å². The van der Waals surface area contributed by atoms with Crippen LogP contribution in [-0.2, 0) is 18.9 Å². The average Bonchev–Trinajstić information content (AvgIpc) is 3.33. The van der Waals surface area contributed by atoms with E-state index in [0.717, 1.165) is 0 Å². The molecule has 0 bridgehead atoms. The van der Waals surface area contributed by atoms with Gasteiger partial charge in [-0.05, 0) is 42.5 Å². The lowest BCUT2D eigenvalue weighted by molar-refractivity contribution is -0.670. The molecular weight excluding hydrogens is 516 g/mol. The summed E-state index contributed by atoms with van der Waals surface area (Å²) in [7, 11) is 0. The van der Waals surface area contributed by atoms with Gasteiger partial charge in [-0.1, -0.05) is 59.4 Å². The van der Waals surface area contributed by atoms with Gasteiger partial charge < -0.3 is 24.2 Å². The van der Waals surface area contributed by atoms with E-state index >= 15 is 0 Å². The van der Waals surface area contributed by atoms with Gasteiger partial charge in [0.2, 0.25) is 6.20 Å². The number of rotatable bonds is 8. The van der Waals surface area contributed by atoms with Crippen LogP contribution in [0.25, 0.3) is 0 Å². The molecule has 3 aromatic carbocycles. The molecule has 4 aromatic rings. The van der Waals surface area contributed by atoms with Crippen LogP contribution in [0.4, 0.5) is 0 Å². The Morgan fingerprint density at radius 1 is 0.700 bits per heavy atom. The molecule has 0 radical (unpaired) electrons. The van der Waals surface area contributed by atoms with Crippen LogP contribution < -0.4 is 4.85 Å². The van der Waals surface area contributed by atoms with Gasteiger partial charge in [-0.3, -0.25) is 0 Å². The summed E-state index contributed by atoms with van der Waals surface area (Å²) in [5.74, 6) is -2.02. The monoisotopic (exact) mass is 540 g/mol. The zero-order valence-electron chi connectivity index (χ0n) is 21.1. The summed E-state index contributed by atoms with van der Waals surface area (Å²) >= 11 is 0. The minimum Gasteiger partial charge on any atom is -0.594 e. The quantitative estimate of drug-likeness (QED) is 0.143. The van der Waals surface area contributed by atoms with Crippen LogP contribution in [0, 0.1) is 5.21 Å². The maximum absolute atomic E-state index is 13.1. The highest BCUT2D eigenvalue weighted by Crippen LogP contribution is 2.37. The number of hydrogen-bond acceptors (Lipinski definition) is 9. The Bertz CT molecular complexity index is 1470. The first-order valence-corrected chi connectivity index (χ1v) is 12.5. The molecule has 1 saturated heterocycles. The molecule has 5 rings (SSSR count). The third-order valence-electron chi connectivity index (χ3n) is 6.19. The third kappa shape index (κ3) is 6.13. The van der Waals surface area contributed by atoms with Gasteiger partial charge in [0.1, 0.15) is 24.5 Å². The molecule has 10 heteroatoms. The first-order chi connectivity index (χ1) is 19.5. The lowest BCUT2D eigenvalue weighted by atomic mass is 10.0. The Kier molecular flexibility index (Phi) is 8.07. The van der Waals surface area contributed by atoms with Gasteiger partial charge in [-0.15, -0.1) is 0 Å². The van der Waals surface area contributed by atoms with Gasteiger partial charge in [-0.25, -0.2) is 14.4 Å². The molecule has 1 aliphatic rings. The predicted octanol–water partition coefficient (Wildman–Crippen LogP) is 3.46. The summed E-state index contributed by atoms with van der Waals surface area (Å²) in [4.78, 5) is 39.2. The number of carbonyl (C=O) groups is 3. The number of ether oxygens (including phenoxy) is 4. The molecule has 10 nitrogen and oxygen atoms in total. The van der Waals surface area contributed by atoms with E-state index in [1.807, 2.05) is 0 Å². The number of nitrogens with zero attached hydrogens (tertiary/aromatic N) is 2. The first-order valence-electron chi connectivity index (χ1n) is 12.5. The molecule has 1 aromatic heterocycles. The summed E-state index contributed by atoms with van der Waals surface area (Å²) in [6.07, 6.45) is -3.41. The summed E-state index contributed by atoms with van der Waals surface area (Å²) in [6.45, 7) is -0.333. The molecule has 0 N–H and O–H groups in total. The second-order valence-corrected chi connectivity index (χ2v) is 8.87. The summed E-state index contributed by atoms with van der Waals surface area (Å²) in [5, 5.41) is 15.9. The van der Waals surface area contributed by atoms with Crippen molar-refractivity contribution in [2.24, 2.45) is 0 Å². The summed E-state index contributed by atoms with van der Waals surface area (Å²) < 4.78 is 23.3. The molecule has 1 fully saturated rings.